The molecule has 1 atom stereocenters. The Kier molecular flexibility index (Phi) is 2.80. The minimum Gasteiger partial charge on any atom is -0.480 e. The summed E-state index contributed by atoms with van der Waals surface area (Å²) in [6, 6.07) is -0.449. The van der Waals surface area contributed by atoms with Crippen LogP contribution in [0.4, 0.5) is 5.82 Å². The molecule has 0 saturated carbocycles. The van der Waals surface area contributed by atoms with Crippen molar-refractivity contribution in [3.05, 3.63) is 18.6 Å². The van der Waals surface area contributed by atoms with Gasteiger partial charge < -0.3 is 10.0 Å². The minimum absolute atomic E-state index is 0.449. The van der Waals surface area contributed by atoms with Crippen LogP contribution in [0.5, 0.6) is 0 Å². The lowest BCUT2D eigenvalue weighted by Crippen LogP contribution is -2.45. The highest BCUT2D eigenvalue weighted by Crippen LogP contribution is 2.22. The number of hydrogen-bond donors (Lipinski definition) is 1. The first-order valence-electron chi connectivity index (χ1n) is 5.04. The Morgan fingerprint density at radius 1 is 1.47 bits per heavy atom. The van der Waals surface area contributed by atoms with Gasteiger partial charge in [0.2, 0.25) is 0 Å². The van der Waals surface area contributed by atoms with Crippen LogP contribution in [0.15, 0.2) is 18.6 Å². The lowest BCUT2D eigenvalue weighted by Gasteiger charge is -2.33. The number of hydrogen-bond acceptors (Lipinski definition) is 4. The van der Waals surface area contributed by atoms with Crippen molar-refractivity contribution < 1.29 is 9.90 Å². The molecule has 1 aromatic heterocycles. The Morgan fingerprint density at radius 2 is 2.33 bits per heavy atom. The first-order chi connectivity index (χ1) is 7.29. The Morgan fingerprint density at radius 3 is 3.00 bits per heavy atom. The summed E-state index contributed by atoms with van der Waals surface area (Å²) in [6.45, 7) is 0.746. The van der Waals surface area contributed by atoms with Gasteiger partial charge in [-0.3, -0.25) is 4.98 Å². The molecule has 5 heteroatoms. The summed E-state index contributed by atoms with van der Waals surface area (Å²) in [5.41, 5.74) is 0. The highest BCUT2D eigenvalue weighted by molar-refractivity contribution is 5.77. The zero-order valence-corrected chi connectivity index (χ0v) is 8.33. The molecule has 0 bridgehead atoms. The molecular formula is C10H13N3O2. The number of aromatic nitrogens is 2. The molecule has 0 radical (unpaired) electrons. The van der Waals surface area contributed by atoms with Gasteiger partial charge in [0.15, 0.2) is 0 Å². The minimum atomic E-state index is -0.777. The molecule has 1 aliphatic rings. The van der Waals surface area contributed by atoms with Crippen LogP contribution < -0.4 is 4.90 Å². The van der Waals surface area contributed by atoms with Gasteiger partial charge in [-0.15, -0.1) is 0 Å². The van der Waals surface area contributed by atoms with Gasteiger partial charge in [0, 0.05) is 18.9 Å². The van der Waals surface area contributed by atoms with Crippen molar-refractivity contribution in [3.63, 3.8) is 0 Å². The molecule has 15 heavy (non-hydrogen) atoms. The smallest absolute Gasteiger partial charge is 0.326 e. The van der Waals surface area contributed by atoms with Crippen molar-refractivity contribution in [1.82, 2.24) is 9.97 Å². The van der Waals surface area contributed by atoms with Crippen molar-refractivity contribution in [3.8, 4) is 0 Å². The van der Waals surface area contributed by atoms with Crippen molar-refractivity contribution >= 4 is 11.8 Å². The number of carbonyl (C=O) groups is 1. The normalized spacial score (nSPS) is 21.3. The lowest BCUT2D eigenvalue weighted by atomic mass is 10.0. The predicted molar refractivity (Wildman–Crippen MR) is 54.7 cm³/mol. The van der Waals surface area contributed by atoms with Crippen LogP contribution in [-0.4, -0.2) is 33.6 Å². The summed E-state index contributed by atoms with van der Waals surface area (Å²) in [7, 11) is 0. The molecule has 1 fully saturated rings. The molecule has 0 aromatic carbocycles. The van der Waals surface area contributed by atoms with E-state index in [0.717, 1.165) is 19.4 Å². The third kappa shape index (κ3) is 2.06. The second-order valence-corrected chi connectivity index (χ2v) is 3.61. The maximum Gasteiger partial charge on any atom is 0.326 e. The summed E-state index contributed by atoms with van der Waals surface area (Å²) in [4.78, 5) is 21.0. The van der Waals surface area contributed by atoms with Gasteiger partial charge in [0.1, 0.15) is 11.9 Å². The Balaban J connectivity index is 2.22. The lowest BCUT2D eigenvalue weighted by molar-refractivity contribution is -0.139. The van der Waals surface area contributed by atoms with E-state index in [9.17, 15) is 4.79 Å². The molecule has 2 heterocycles. The van der Waals surface area contributed by atoms with Crippen molar-refractivity contribution in [1.29, 1.82) is 0 Å². The van der Waals surface area contributed by atoms with E-state index in [1.165, 1.54) is 0 Å². The number of rotatable bonds is 2. The molecule has 80 valence electrons. The average Bonchev–Trinajstić information content (AvgIpc) is 2.30. The van der Waals surface area contributed by atoms with Crippen LogP contribution in [0, 0.1) is 0 Å². The third-order valence-corrected chi connectivity index (χ3v) is 2.63. The van der Waals surface area contributed by atoms with Gasteiger partial charge in [-0.2, -0.15) is 0 Å². The molecule has 1 saturated heterocycles. The monoisotopic (exact) mass is 207 g/mol. The molecule has 5 nitrogen and oxygen atoms in total. The van der Waals surface area contributed by atoms with E-state index in [4.69, 9.17) is 5.11 Å². The van der Waals surface area contributed by atoms with E-state index in [2.05, 4.69) is 9.97 Å². The largest absolute Gasteiger partial charge is 0.480 e. The van der Waals surface area contributed by atoms with Crippen LogP contribution >= 0.6 is 0 Å². The SMILES string of the molecule is O=C(O)[C@@H]1CCCCN1c1cnccn1. The Hall–Kier alpha value is -1.65. The number of carboxylic acids is 1. The summed E-state index contributed by atoms with van der Waals surface area (Å²) in [5.74, 6) is -0.120. The quantitative estimate of drug-likeness (QED) is 0.781. The number of anilines is 1. The van der Waals surface area contributed by atoms with E-state index in [0.29, 0.717) is 12.2 Å². The Labute approximate surface area is 87.8 Å². The molecule has 1 aliphatic heterocycles. The molecular weight excluding hydrogens is 194 g/mol. The number of aliphatic carboxylic acids is 1. The van der Waals surface area contributed by atoms with E-state index >= 15 is 0 Å². The van der Waals surface area contributed by atoms with E-state index in [1.54, 1.807) is 18.6 Å². The number of nitrogens with zero attached hydrogens (tertiary/aromatic N) is 3. The zero-order chi connectivity index (χ0) is 10.7. The molecule has 1 aromatic rings. The summed E-state index contributed by atoms with van der Waals surface area (Å²) >= 11 is 0. The van der Waals surface area contributed by atoms with Crippen molar-refractivity contribution in [2.75, 3.05) is 11.4 Å². The Bertz CT molecular complexity index is 342. The van der Waals surface area contributed by atoms with Crippen LogP contribution in [0.1, 0.15) is 19.3 Å². The summed E-state index contributed by atoms with van der Waals surface area (Å²) < 4.78 is 0. The van der Waals surface area contributed by atoms with Gasteiger partial charge in [0.05, 0.1) is 6.20 Å². The van der Waals surface area contributed by atoms with Crippen molar-refractivity contribution in [2.45, 2.75) is 25.3 Å². The molecule has 2 rings (SSSR count). The number of piperidine rings is 1. The highest BCUT2D eigenvalue weighted by atomic mass is 16.4. The van der Waals surface area contributed by atoms with Gasteiger partial charge in [-0.05, 0) is 19.3 Å². The molecule has 0 spiro atoms. The fourth-order valence-electron chi connectivity index (χ4n) is 1.90. The fourth-order valence-corrected chi connectivity index (χ4v) is 1.90. The van der Waals surface area contributed by atoms with Crippen molar-refractivity contribution in [2.24, 2.45) is 0 Å². The standard InChI is InChI=1S/C10H13N3O2/c14-10(15)8-3-1-2-6-13(8)9-7-11-4-5-12-9/h4-5,7-8H,1-3,6H2,(H,14,15)/t8-/m0/s1. The fraction of sp³-hybridized carbons (Fsp3) is 0.500. The highest BCUT2D eigenvalue weighted by Gasteiger charge is 2.29. The third-order valence-electron chi connectivity index (χ3n) is 2.63. The molecule has 0 aliphatic carbocycles. The van der Waals surface area contributed by atoms with E-state index in [1.807, 2.05) is 4.90 Å². The predicted octanol–water partition coefficient (Wildman–Crippen LogP) is 0.920. The van der Waals surface area contributed by atoms with Crippen LogP contribution in [0.3, 0.4) is 0 Å². The van der Waals surface area contributed by atoms with E-state index < -0.39 is 12.0 Å². The first-order valence-corrected chi connectivity index (χ1v) is 5.04. The van der Waals surface area contributed by atoms with E-state index in [-0.39, 0.29) is 0 Å². The number of carboxylic acid groups (broad SMARTS) is 1. The second kappa shape index (κ2) is 4.25. The van der Waals surface area contributed by atoms with Crippen LogP contribution in [0.25, 0.3) is 0 Å². The van der Waals surface area contributed by atoms with Gasteiger partial charge >= 0.3 is 5.97 Å². The molecule has 0 unspecified atom stereocenters. The summed E-state index contributed by atoms with van der Waals surface area (Å²) in [5, 5.41) is 9.08. The van der Waals surface area contributed by atoms with Gasteiger partial charge in [-0.25, -0.2) is 9.78 Å². The summed E-state index contributed by atoms with van der Waals surface area (Å²) in [6.07, 6.45) is 7.45. The second-order valence-electron chi connectivity index (χ2n) is 3.61. The maximum absolute atomic E-state index is 11.0. The zero-order valence-electron chi connectivity index (χ0n) is 8.33. The topological polar surface area (TPSA) is 66.3 Å². The van der Waals surface area contributed by atoms with Crippen LogP contribution in [0.2, 0.25) is 0 Å². The molecule has 0 amide bonds. The first kappa shape index (κ1) is 9.89. The van der Waals surface area contributed by atoms with Gasteiger partial charge in [0.25, 0.3) is 0 Å². The average molecular weight is 207 g/mol. The molecule has 1 N–H and O–H groups in total. The maximum atomic E-state index is 11.0. The van der Waals surface area contributed by atoms with Gasteiger partial charge in [-0.1, -0.05) is 0 Å². The van der Waals surface area contributed by atoms with Crippen LogP contribution in [-0.2, 0) is 4.79 Å².